The van der Waals surface area contributed by atoms with Gasteiger partial charge in [-0.3, -0.25) is 0 Å². The maximum atomic E-state index is 10.7. The molecule has 3 nitrogen and oxygen atoms in total. The quantitative estimate of drug-likeness (QED) is 0.673. The van der Waals surface area contributed by atoms with E-state index >= 15 is 0 Å². The summed E-state index contributed by atoms with van der Waals surface area (Å²) in [7, 11) is 0. The normalized spacial score (nSPS) is 14.2. The minimum absolute atomic E-state index is 0.218. The van der Waals surface area contributed by atoms with Gasteiger partial charge in [0.25, 0.3) is 0 Å². The van der Waals surface area contributed by atoms with E-state index in [9.17, 15) is 4.79 Å². The van der Waals surface area contributed by atoms with E-state index in [-0.39, 0.29) is 5.56 Å². The lowest BCUT2D eigenvalue weighted by atomic mass is 10.1. The van der Waals surface area contributed by atoms with E-state index in [1.54, 1.807) is 6.07 Å². The molecule has 0 aromatic carbocycles. The fourth-order valence-corrected chi connectivity index (χ4v) is 1.94. The van der Waals surface area contributed by atoms with Gasteiger partial charge < -0.3 is 10.1 Å². The molecule has 1 aliphatic carbocycles. The molecule has 1 heterocycles. The molecular formula is C9H9NO2S. The number of rotatable bonds is 1. The summed E-state index contributed by atoms with van der Waals surface area (Å²) >= 11 is 4.93. The fraction of sp³-hybridized carbons (Fsp3) is 0.333. The molecule has 0 aliphatic heterocycles. The number of carbonyl (C=O) groups is 1. The summed E-state index contributed by atoms with van der Waals surface area (Å²) < 4.78 is 0.341. The first kappa shape index (κ1) is 8.44. The first-order chi connectivity index (χ1) is 6.18. The van der Waals surface area contributed by atoms with Crippen LogP contribution in [0.2, 0.25) is 0 Å². The number of nitrogens with one attached hydrogen (secondary N) is 1. The summed E-state index contributed by atoms with van der Waals surface area (Å²) in [4.78, 5) is 13.7. The van der Waals surface area contributed by atoms with Gasteiger partial charge in [-0.2, -0.15) is 0 Å². The number of carboxylic acids is 1. The monoisotopic (exact) mass is 195 g/mol. The van der Waals surface area contributed by atoms with Crippen LogP contribution in [0.15, 0.2) is 6.07 Å². The predicted molar refractivity (Wildman–Crippen MR) is 50.6 cm³/mol. The van der Waals surface area contributed by atoms with Crippen molar-refractivity contribution in [2.75, 3.05) is 0 Å². The van der Waals surface area contributed by atoms with Crippen molar-refractivity contribution in [2.45, 2.75) is 19.3 Å². The van der Waals surface area contributed by atoms with Crippen molar-refractivity contribution in [3.8, 4) is 0 Å². The standard InChI is InChI=1S/C9H9NO2S/c11-9(12)6-4-5-2-1-3-7(5)10-8(6)13/h4H,1-3H2,(H,10,13)(H,11,12). The molecule has 1 aromatic rings. The Morgan fingerprint density at radius 3 is 3.00 bits per heavy atom. The molecule has 0 saturated heterocycles. The minimum atomic E-state index is -0.948. The van der Waals surface area contributed by atoms with Crippen LogP contribution in [0, 0.1) is 4.64 Å². The number of carboxylic acid groups (broad SMARTS) is 1. The van der Waals surface area contributed by atoms with Gasteiger partial charge in [-0.25, -0.2) is 4.79 Å². The van der Waals surface area contributed by atoms with Crippen LogP contribution in [0.5, 0.6) is 0 Å². The van der Waals surface area contributed by atoms with Gasteiger partial charge in [0.15, 0.2) is 0 Å². The van der Waals surface area contributed by atoms with E-state index < -0.39 is 5.97 Å². The molecule has 0 atom stereocenters. The first-order valence-electron chi connectivity index (χ1n) is 4.17. The van der Waals surface area contributed by atoms with Crippen molar-refractivity contribution in [3.63, 3.8) is 0 Å². The molecule has 68 valence electrons. The summed E-state index contributed by atoms with van der Waals surface area (Å²) in [6.07, 6.45) is 3.03. The Morgan fingerprint density at radius 2 is 2.31 bits per heavy atom. The van der Waals surface area contributed by atoms with Crippen LogP contribution in [-0.4, -0.2) is 16.1 Å². The van der Waals surface area contributed by atoms with Gasteiger partial charge in [0.1, 0.15) is 4.64 Å². The Hall–Kier alpha value is -1.16. The third-order valence-corrected chi connectivity index (χ3v) is 2.64. The van der Waals surface area contributed by atoms with Crippen LogP contribution in [0.4, 0.5) is 0 Å². The highest BCUT2D eigenvalue weighted by molar-refractivity contribution is 7.71. The van der Waals surface area contributed by atoms with Crippen LogP contribution < -0.4 is 0 Å². The maximum absolute atomic E-state index is 10.7. The summed E-state index contributed by atoms with van der Waals surface area (Å²) in [5.74, 6) is -0.948. The number of hydrogen-bond acceptors (Lipinski definition) is 2. The average Bonchev–Trinajstić information content (AvgIpc) is 2.48. The molecule has 0 unspecified atom stereocenters. The van der Waals surface area contributed by atoms with Crippen LogP contribution in [0.3, 0.4) is 0 Å². The fourth-order valence-electron chi connectivity index (χ4n) is 1.67. The molecule has 2 N–H and O–H groups in total. The molecule has 1 aromatic heterocycles. The van der Waals surface area contributed by atoms with E-state index in [0.717, 1.165) is 30.5 Å². The second-order valence-corrected chi connectivity index (χ2v) is 3.58. The minimum Gasteiger partial charge on any atom is -0.478 e. The molecule has 1 aliphatic rings. The average molecular weight is 195 g/mol. The Morgan fingerprint density at radius 1 is 1.54 bits per heavy atom. The smallest absolute Gasteiger partial charge is 0.338 e. The van der Waals surface area contributed by atoms with Crippen molar-refractivity contribution in [1.82, 2.24) is 4.98 Å². The number of H-pyrrole nitrogens is 1. The van der Waals surface area contributed by atoms with Crippen LogP contribution >= 0.6 is 12.2 Å². The van der Waals surface area contributed by atoms with E-state index in [1.165, 1.54) is 0 Å². The van der Waals surface area contributed by atoms with Crippen LogP contribution in [-0.2, 0) is 12.8 Å². The second kappa shape index (κ2) is 2.96. The highest BCUT2D eigenvalue weighted by Crippen LogP contribution is 2.21. The first-order valence-corrected chi connectivity index (χ1v) is 4.57. The highest BCUT2D eigenvalue weighted by Gasteiger charge is 2.15. The molecule has 0 saturated carbocycles. The van der Waals surface area contributed by atoms with E-state index in [1.807, 2.05) is 0 Å². The summed E-state index contributed by atoms with van der Waals surface area (Å²) in [6, 6.07) is 1.70. The Bertz CT molecular complexity index is 422. The van der Waals surface area contributed by atoms with Crippen LogP contribution in [0.25, 0.3) is 0 Å². The number of aromatic nitrogens is 1. The molecule has 0 bridgehead atoms. The molecule has 0 amide bonds. The number of pyridine rings is 1. The van der Waals surface area contributed by atoms with E-state index in [4.69, 9.17) is 17.3 Å². The van der Waals surface area contributed by atoms with Gasteiger partial charge in [-0.15, -0.1) is 0 Å². The Kier molecular flexibility index (Phi) is 1.92. The molecule has 0 spiro atoms. The maximum Gasteiger partial charge on any atom is 0.338 e. The van der Waals surface area contributed by atoms with Crippen molar-refractivity contribution in [2.24, 2.45) is 0 Å². The predicted octanol–water partition coefficient (Wildman–Crippen LogP) is 1.93. The van der Waals surface area contributed by atoms with Gasteiger partial charge in [0, 0.05) is 5.69 Å². The second-order valence-electron chi connectivity index (χ2n) is 3.17. The number of aromatic carboxylic acids is 1. The summed E-state index contributed by atoms with van der Waals surface area (Å²) in [5.41, 5.74) is 2.43. The topological polar surface area (TPSA) is 53.1 Å². The van der Waals surface area contributed by atoms with Gasteiger partial charge in [0.05, 0.1) is 5.56 Å². The number of fused-ring (bicyclic) bond motifs is 1. The highest BCUT2D eigenvalue weighted by atomic mass is 32.1. The Balaban J connectivity index is 2.62. The van der Waals surface area contributed by atoms with Crippen molar-refractivity contribution in [3.05, 3.63) is 27.5 Å². The van der Waals surface area contributed by atoms with Crippen molar-refractivity contribution < 1.29 is 9.90 Å². The number of hydrogen-bond donors (Lipinski definition) is 2. The lowest BCUT2D eigenvalue weighted by Gasteiger charge is -2.01. The van der Waals surface area contributed by atoms with Crippen molar-refractivity contribution >= 4 is 18.2 Å². The third kappa shape index (κ3) is 1.37. The molecule has 4 heteroatoms. The molecule has 0 radical (unpaired) electrons. The molecule has 0 fully saturated rings. The third-order valence-electron chi connectivity index (χ3n) is 2.32. The van der Waals surface area contributed by atoms with Crippen molar-refractivity contribution in [1.29, 1.82) is 0 Å². The number of aromatic amines is 1. The van der Waals surface area contributed by atoms with E-state index in [2.05, 4.69) is 4.98 Å². The SMILES string of the molecule is O=C(O)c1cc2c([nH]c1=S)CCC2. The van der Waals surface area contributed by atoms with Gasteiger partial charge in [0.2, 0.25) is 0 Å². The van der Waals surface area contributed by atoms with Gasteiger partial charge >= 0.3 is 5.97 Å². The summed E-state index contributed by atoms with van der Waals surface area (Å²) in [6.45, 7) is 0. The zero-order valence-electron chi connectivity index (χ0n) is 6.96. The van der Waals surface area contributed by atoms with Crippen LogP contribution in [0.1, 0.15) is 28.0 Å². The molecule has 2 rings (SSSR count). The van der Waals surface area contributed by atoms with Gasteiger partial charge in [-0.05, 0) is 30.9 Å². The lowest BCUT2D eigenvalue weighted by molar-refractivity contribution is 0.0695. The molecular weight excluding hydrogens is 186 g/mol. The largest absolute Gasteiger partial charge is 0.478 e. The zero-order valence-corrected chi connectivity index (χ0v) is 7.78. The zero-order chi connectivity index (χ0) is 9.42. The molecule has 13 heavy (non-hydrogen) atoms. The van der Waals surface area contributed by atoms with Gasteiger partial charge in [-0.1, -0.05) is 12.2 Å². The number of aryl methyl sites for hydroxylation is 2. The lowest BCUT2D eigenvalue weighted by Crippen LogP contribution is -2.01. The Labute approximate surface area is 80.4 Å². The van der Waals surface area contributed by atoms with E-state index in [0.29, 0.717) is 4.64 Å². The summed E-state index contributed by atoms with van der Waals surface area (Å²) in [5, 5.41) is 8.81.